The van der Waals surface area contributed by atoms with Crippen LogP contribution in [0.5, 0.6) is 0 Å². The summed E-state index contributed by atoms with van der Waals surface area (Å²) in [7, 11) is -2.37. The normalized spacial score (nSPS) is 11.7. The van der Waals surface area contributed by atoms with Gasteiger partial charge in [0.15, 0.2) is 0 Å². The van der Waals surface area contributed by atoms with E-state index in [9.17, 15) is 18.0 Å². The maximum absolute atomic E-state index is 12.1. The van der Waals surface area contributed by atoms with Crippen molar-refractivity contribution in [1.82, 2.24) is 4.31 Å². The molecule has 0 atom stereocenters. The van der Waals surface area contributed by atoms with E-state index in [-0.39, 0.29) is 37.8 Å². The molecule has 0 aromatic carbocycles. The first-order valence-electron chi connectivity index (χ1n) is 6.46. The molecular weight excluding hydrogens is 286 g/mol. The molecule has 0 aromatic rings. The van der Waals surface area contributed by atoms with Gasteiger partial charge in [0.25, 0.3) is 0 Å². The molecule has 0 unspecified atom stereocenters. The van der Waals surface area contributed by atoms with Crippen LogP contribution < -0.4 is 0 Å². The van der Waals surface area contributed by atoms with Gasteiger partial charge >= 0.3 is 11.9 Å². The van der Waals surface area contributed by atoms with E-state index in [0.717, 1.165) is 4.31 Å². The molecule has 0 rings (SSSR count). The molecular formula is C12H23NO6S. The summed E-state index contributed by atoms with van der Waals surface area (Å²) in [5, 5.41) is 0. The van der Waals surface area contributed by atoms with Gasteiger partial charge in [0, 0.05) is 12.5 Å². The monoisotopic (exact) mass is 309 g/mol. The molecule has 0 amide bonds. The van der Waals surface area contributed by atoms with Gasteiger partial charge in [-0.15, -0.1) is 0 Å². The largest absolute Gasteiger partial charge is 0.469 e. The van der Waals surface area contributed by atoms with Gasteiger partial charge in [-0.25, -0.2) is 8.42 Å². The van der Waals surface area contributed by atoms with Gasteiger partial charge in [-0.3, -0.25) is 9.59 Å². The lowest BCUT2D eigenvalue weighted by Crippen LogP contribution is -2.42. The molecule has 7 nitrogen and oxygen atoms in total. The van der Waals surface area contributed by atoms with E-state index >= 15 is 0 Å². The van der Waals surface area contributed by atoms with E-state index in [0.29, 0.717) is 0 Å². The second kappa shape index (κ2) is 8.91. The number of rotatable bonds is 9. The van der Waals surface area contributed by atoms with Gasteiger partial charge in [0.1, 0.15) is 6.54 Å². The van der Waals surface area contributed by atoms with Gasteiger partial charge in [-0.05, 0) is 27.2 Å². The average Bonchev–Trinajstić information content (AvgIpc) is 2.35. The number of sulfonamides is 1. The highest BCUT2D eigenvalue weighted by Gasteiger charge is 2.27. The Morgan fingerprint density at radius 1 is 1.20 bits per heavy atom. The van der Waals surface area contributed by atoms with Crippen LogP contribution in [0.15, 0.2) is 0 Å². The van der Waals surface area contributed by atoms with E-state index in [2.05, 4.69) is 4.74 Å². The smallest absolute Gasteiger partial charge is 0.321 e. The number of nitrogens with zero attached hydrogens (tertiary/aromatic N) is 1. The van der Waals surface area contributed by atoms with Gasteiger partial charge in [-0.2, -0.15) is 4.31 Å². The lowest BCUT2D eigenvalue weighted by molar-refractivity contribution is -0.143. The van der Waals surface area contributed by atoms with Crippen LogP contribution in [0, 0.1) is 0 Å². The van der Waals surface area contributed by atoms with Gasteiger partial charge in [0.05, 0.1) is 19.5 Å². The maximum Gasteiger partial charge on any atom is 0.321 e. The molecule has 0 radical (unpaired) electrons. The van der Waals surface area contributed by atoms with Gasteiger partial charge < -0.3 is 9.47 Å². The van der Waals surface area contributed by atoms with Crippen LogP contribution in [0.4, 0.5) is 0 Å². The molecule has 0 N–H and O–H groups in total. The third-order valence-electron chi connectivity index (χ3n) is 2.53. The number of ether oxygens (including phenoxy) is 2. The summed E-state index contributed by atoms with van der Waals surface area (Å²) in [6, 6.07) is -0.359. The molecule has 0 saturated carbocycles. The van der Waals surface area contributed by atoms with E-state index in [1.54, 1.807) is 20.8 Å². The Hall–Kier alpha value is -1.15. The molecule has 0 heterocycles. The van der Waals surface area contributed by atoms with Crippen molar-refractivity contribution < 1.29 is 27.5 Å². The second-order valence-electron chi connectivity index (χ2n) is 4.44. The van der Waals surface area contributed by atoms with Crippen molar-refractivity contribution in [2.45, 2.75) is 39.7 Å². The maximum atomic E-state index is 12.1. The van der Waals surface area contributed by atoms with Crippen LogP contribution in [0.2, 0.25) is 0 Å². The summed E-state index contributed by atoms with van der Waals surface area (Å²) in [5.74, 6) is -1.25. The number of hydrogen-bond donors (Lipinski definition) is 0. The van der Waals surface area contributed by atoms with E-state index in [1.807, 2.05) is 0 Å². The quantitative estimate of drug-likeness (QED) is 0.578. The average molecular weight is 309 g/mol. The predicted molar refractivity (Wildman–Crippen MR) is 73.5 cm³/mol. The molecule has 8 heteroatoms. The predicted octanol–water partition coefficient (Wildman–Crippen LogP) is 0.543. The fraction of sp³-hybridized carbons (Fsp3) is 0.833. The van der Waals surface area contributed by atoms with Crippen molar-refractivity contribution in [3.63, 3.8) is 0 Å². The van der Waals surface area contributed by atoms with Crippen LogP contribution in [0.1, 0.15) is 33.6 Å². The molecule has 0 aliphatic rings. The number of methoxy groups -OCH3 is 1. The van der Waals surface area contributed by atoms with Crippen LogP contribution in [0.25, 0.3) is 0 Å². The Morgan fingerprint density at radius 3 is 2.25 bits per heavy atom. The lowest BCUT2D eigenvalue weighted by atomic mass is 10.3. The van der Waals surface area contributed by atoms with E-state index in [4.69, 9.17) is 4.74 Å². The molecule has 0 aliphatic heterocycles. The molecule has 0 spiro atoms. The zero-order chi connectivity index (χ0) is 15.8. The summed E-state index contributed by atoms with van der Waals surface area (Å²) < 4.78 is 34.6. The first-order valence-corrected chi connectivity index (χ1v) is 8.07. The fourth-order valence-corrected chi connectivity index (χ4v) is 3.24. The second-order valence-corrected chi connectivity index (χ2v) is 6.48. The van der Waals surface area contributed by atoms with Crippen molar-refractivity contribution >= 4 is 22.0 Å². The Kier molecular flexibility index (Phi) is 8.40. The summed E-state index contributed by atoms with van der Waals surface area (Å²) in [4.78, 5) is 22.4. The van der Waals surface area contributed by atoms with Gasteiger partial charge in [-0.1, -0.05) is 0 Å². The number of carbonyl (C=O) groups excluding carboxylic acids is 2. The molecule has 0 aromatic heterocycles. The van der Waals surface area contributed by atoms with Crippen molar-refractivity contribution in [1.29, 1.82) is 0 Å². The van der Waals surface area contributed by atoms with E-state index in [1.165, 1.54) is 7.11 Å². The van der Waals surface area contributed by atoms with Crippen molar-refractivity contribution in [2.75, 3.05) is 26.0 Å². The minimum absolute atomic E-state index is 0.0288. The van der Waals surface area contributed by atoms with Crippen LogP contribution >= 0.6 is 0 Å². The van der Waals surface area contributed by atoms with Crippen molar-refractivity contribution in [2.24, 2.45) is 0 Å². The fourth-order valence-electron chi connectivity index (χ4n) is 1.55. The van der Waals surface area contributed by atoms with Crippen LogP contribution in [0.3, 0.4) is 0 Å². The molecule has 0 aliphatic carbocycles. The summed E-state index contributed by atoms with van der Waals surface area (Å²) in [5.41, 5.74) is 0. The number of carbonyl (C=O) groups is 2. The molecule has 118 valence electrons. The highest BCUT2D eigenvalue weighted by Crippen LogP contribution is 2.10. The zero-order valence-corrected chi connectivity index (χ0v) is 13.2. The van der Waals surface area contributed by atoms with Crippen LogP contribution in [-0.2, 0) is 29.1 Å². The van der Waals surface area contributed by atoms with Gasteiger partial charge in [0.2, 0.25) is 10.0 Å². The number of esters is 2. The zero-order valence-electron chi connectivity index (χ0n) is 12.4. The SMILES string of the molecule is CCOC(=O)CN(C(C)C)S(=O)(=O)CCCC(=O)OC. The Balaban J connectivity index is 4.64. The summed E-state index contributed by atoms with van der Waals surface area (Å²) in [6.07, 6.45) is 0.183. The van der Waals surface area contributed by atoms with E-state index < -0.39 is 22.0 Å². The highest BCUT2D eigenvalue weighted by molar-refractivity contribution is 7.89. The molecule has 0 fully saturated rings. The molecule has 0 saturated heterocycles. The minimum atomic E-state index is -3.61. The third-order valence-corrected chi connectivity index (χ3v) is 4.60. The standard InChI is InChI=1S/C12H23NO6S/c1-5-19-12(15)9-13(10(2)3)20(16,17)8-6-7-11(14)18-4/h10H,5-9H2,1-4H3. The topological polar surface area (TPSA) is 90.0 Å². The highest BCUT2D eigenvalue weighted by atomic mass is 32.2. The lowest BCUT2D eigenvalue weighted by Gasteiger charge is -2.24. The molecule has 20 heavy (non-hydrogen) atoms. The summed E-state index contributed by atoms with van der Waals surface area (Å²) in [6.45, 7) is 4.90. The Bertz CT molecular complexity index is 418. The number of hydrogen-bond acceptors (Lipinski definition) is 6. The first-order chi connectivity index (χ1) is 9.24. The summed E-state index contributed by atoms with van der Waals surface area (Å²) >= 11 is 0. The third kappa shape index (κ3) is 6.85. The van der Waals surface area contributed by atoms with Crippen LogP contribution in [-0.4, -0.2) is 56.7 Å². The minimum Gasteiger partial charge on any atom is -0.469 e. The molecule has 0 bridgehead atoms. The van der Waals surface area contributed by atoms with Crippen molar-refractivity contribution in [3.8, 4) is 0 Å². The Labute approximate surface area is 120 Å². The first kappa shape index (κ1) is 18.9. The van der Waals surface area contributed by atoms with Crippen molar-refractivity contribution in [3.05, 3.63) is 0 Å². The Morgan fingerprint density at radius 2 is 1.80 bits per heavy atom.